The lowest BCUT2D eigenvalue weighted by atomic mass is 10.0. The molecule has 3 atom stereocenters. The Morgan fingerprint density at radius 2 is 2.03 bits per heavy atom. The highest BCUT2D eigenvalue weighted by Crippen LogP contribution is 2.31. The van der Waals surface area contributed by atoms with E-state index in [0.29, 0.717) is 35.9 Å². The third-order valence-electron chi connectivity index (χ3n) is 5.75. The van der Waals surface area contributed by atoms with Crippen LogP contribution in [0.25, 0.3) is 5.57 Å². The van der Waals surface area contributed by atoms with Gasteiger partial charge in [0.1, 0.15) is 18.3 Å². The molecule has 1 aromatic heterocycles. The smallest absolute Gasteiger partial charge is 0.327 e. The summed E-state index contributed by atoms with van der Waals surface area (Å²) in [6.07, 6.45) is 8.07. The van der Waals surface area contributed by atoms with E-state index < -0.39 is 6.04 Å². The predicted octanol–water partition coefficient (Wildman–Crippen LogP) is 3.99. The average Bonchev–Trinajstić information content (AvgIpc) is 3.16. The van der Waals surface area contributed by atoms with Gasteiger partial charge in [-0.05, 0) is 18.8 Å². The van der Waals surface area contributed by atoms with Crippen molar-refractivity contribution in [2.24, 2.45) is 11.7 Å². The van der Waals surface area contributed by atoms with Gasteiger partial charge in [0.15, 0.2) is 0 Å². The van der Waals surface area contributed by atoms with Gasteiger partial charge in [0.2, 0.25) is 6.23 Å². The van der Waals surface area contributed by atoms with Crippen molar-refractivity contribution in [3.8, 4) is 5.88 Å². The summed E-state index contributed by atoms with van der Waals surface area (Å²) in [4.78, 5) is 12.4. The standard InChI is InChI=1S/C22H39N4O3S/c1-6-7-8-9-13-28-21-20(24-30-25-21)18-11-10-12-26(5,15-18)17(4)29-22(27)19(23)14-16(2)3/h11,16-17,19H,6-10,12-15,23H2,1-5H3/q+1/t17-,19+,26?/m1/s1. The molecule has 1 aromatic rings. The zero-order valence-corrected chi connectivity index (χ0v) is 20.0. The van der Waals surface area contributed by atoms with E-state index in [4.69, 9.17) is 15.2 Å². The van der Waals surface area contributed by atoms with Gasteiger partial charge in [-0.1, -0.05) is 46.1 Å². The molecule has 0 aliphatic carbocycles. The summed E-state index contributed by atoms with van der Waals surface area (Å²) in [6.45, 7) is 10.5. The molecule has 0 saturated heterocycles. The molecule has 0 fully saturated rings. The average molecular weight is 440 g/mol. The number of nitrogens with zero attached hydrogens (tertiary/aromatic N) is 3. The van der Waals surface area contributed by atoms with Crippen LogP contribution in [-0.2, 0) is 9.53 Å². The number of esters is 1. The zero-order chi connectivity index (χ0) is 22.1. The van der Waals surface area contributed by atoms with Crippen LogP contribution in [0, 0.1) is 5.92 Å². The quantitative estimate of drug-likeness (QED) is 0.301. The second-order valence-corrected chi connectivity index (χ2v) is 9.51. The molecule has 1 aliphatic rings. The minimum atomic E-state index is -0.575. The number of hydrogen-bond acceptors (Lipinski definition) is 7. The van der Waals surface area contributed by atoms with Crippen LogP contribution in [0.3, 0.4) is 0 Å². The van der Waals surface area contributed by atoms with Gasteiger partial charge in [-0.15, -0.1) is 4.37 Å². The van der Waals surface area contributed by atoms with E-state index in [-0.39, 0.29) is 12.2 Å². The topological polar surface area (TPSA) is 87.3 Å². The number of unbranched alkanes of at least 4 members (excludes halogenated alkanes) is 3. The molecular formula is C22H39N4O3S+. The third kappa shape index (κ3) is 7.03. The largest absolute Gasteiger partial charge is 0.475 e. The Bertz CT molecular complexity index is 706. The van der Waals surface area contributed by atoms with Gasteiger partial charge in [-0.3, -0.25) is 9.28 Å². The number of carbonyl (C=O) groups is 1. The van der Waals surface area contributed by atoms with Crippen molar-refractivity contribution >= 4 is 23.3 Å². The highest BCUT2D eigenvalue weighted by atomic mass is 32.1. The van der Waals surface area contributed by atoms with E-state index in [1.807, 2.05) is 6.92 Å². The molecule has 0 aromatic carbocycles. The van der Waals surface area contributed by atoms with Crippen molar-refractivity contribution in [1.29, 1.82) is 0 Å². The summed E-state index contributed by atoms with van der Waals surface area (Å²) >= 11 is 1.18. The number of ether oxygens (including phenoxy) is 2. The molecule has 170 valence electrons. The van der Waals surface area contributed by atoms with E-state index in [2.05, 4.69) is 42.6 Å². The highest BCUT2D eigenvalue weighted by Gasteiger charge is 2.37. The maximum absolute atomic E-state index is 12.4. The van der Waals surface area contributed by atoms with Crippen LogP contribution in [0.1, 0.15) is 71.9 Å². The van der Waals surface area contributed by atoms with Crippen LogP contribution in [0.15, 0.2) is 6.08 Å². The molecule has 0 bridgehead atoms. The Hall–Kier alpha value is -1.51. The Labute approximate surface area is 185 Å². The SMILES string of the molecule is CCCCCCOc1nsnc1C1=CCC[N+](C)([C@@H](C)OC(=O)[C@@H](N)CC(C)C)C1. The van der Waals surface area contributed by atoms with Crippen molar-refractivity contribution in [3.05, 3.63) is 11.8 Å². The molecule has 2 rings (SSSR count). The van der Waals surface area contributed by atoms with Gasteiger partial charge in [0.25, 0.3) is 5.88 Å². The van der Waals surface area contributed by atoms with Crippen LogP contribution in [0.2, 0.25) is 0 Å². The summed E-state index contributed by atoms with van der Waals surface area (Å²) in [7, 11) is 2.12. The fourth-order valence-corrected chi connectivity index (χ4v) is 4.24. The molecule has 30 heavy (non-hydrogen) atoms. The maximum Gasteiger partial charge on any atom is 0.327 e. The van der Waals surface area contributed by atoms with Crippen LogP contribution in [-0.4, -0.2) is 58.2 Å². The fourth-order valence-electron chi connectivity index (χ4n) is 3.70. The minimum absolute atomic E-state index is 0.288. The Balaban J connectivity index is 1.98. The van der Waals surface area contributed by atoms with Crippen molar-refractivity contribution in [2.75, 3.05) is 26.7 Å². The fraction of sp³-hybridized carbons (Fsp3) is 0.773. The van der Waals surface area contributed by atoms with Crippen LogP contribution in [0.5, 0.6) is 5.88 Å². The molecule has 0 radical (unpaired) electrons. The molecule has 7 nitrogen and oxygen atoms in total. The number of aromatic nitrogens is 2. The number of likely N-dealkylation sites (N-methyl/N-ethyl adjacent to an activating group) is 1. The first-order chi connectivity index (χ1) is 14.3. The minimum Gasteiger partial charge on any atom is -0.475 e. The highest BCUT2D eigenvalue weighted by molar-refractivity contribution is 6.99. The van der Waals surface area contributed by atoms with Crippen molar-refractivity contribution in [1.82, 2.24) is 8.75 Å². The van der Waals surface area contributed by atoms with Crippen LogP contribution >= 0.6 is 11.7 Å². The zero-order valence-electron chi connectivity index (χ0n) is 19.2. The van der Waals surface area contributed by atoms with Gasteiger partial charge in [-0.25, -0.2) is 0 Å². The molecule has 0 amide bonds. The predicted molar refractivity (Wildman–Crippen MR) is 121 cm³/mol. The molecule has 0 saturated carbocycles. The number of hydrogen-bond donors (Lipinski definition) is 1. The third-order valence-corrected chi connectivity index (χ3v) is 6.27. The van der Waals surface area contributed by atoms with Crippen LogP contribution < -0.4 is 10.5 Å². The molecular weight excluding hydrogens is 400 g/mol. The number of carbonyl (C=O) groups excluding carboxylic acids is 1. The van der Waals surface area contributed by atoms with E-state index in [0.717, 1.165) is 30.7 Å². The van der Waals surface area contributed by atoms with Gasteiger partial charge < -0.3 is 15.2 Å². The lowest BCUT2D eigenvalue weighted by Gasteiger charge is -2.41. The van der Waals surface area contributed by atoms with Crippen LogP contribution in [0.4, 0.5) is 0 Å². The Morgan fingerprint density at radius 1 is 1.27 bits per heavy atom. The van der Waals surface area contributed by atoms with Gasteiger partial charge in [-0.2, -0.15) is 4.37 Å². The van der Waals surface area contributed by atoms with E-state index in [9.17, 15) is 4.79 Å². The lowest BCUT2D eigenvalue weighted by Crippen LogP contribution is -2.56. The first kappa shape index (κ1) is 24.8. The van der Waals surface area contributed by atoms with Crippen molar-refractivity contribution in [3.63, 3.8) is 0 Å². The number of rotatable bonds is 12. The summed E-state index contributed by atoms with van der Waals surface area (Å²) in [5.41, 5.74) is 7.95. The van der Waals surface area contributed by atoms with Gasteiger partial charge >= 0.3 is 5.97 Å². The summed E-state index contributed by atoms with van der Waals surface area (Å²) in [5.74, 6) is 0.660. The summed E-state index contributed by atoms with van der Waals surface area (Å²) in [5, 5.41) is 0. The Morgan fingerprint density at radius 3 is 2.73 bits per heavy atom. The normalized spacial score (nSPS) is 21.2. The molecule has 8 heteroatoms. The number of nitrogens with two attached hydrogens (primary N) is 1. The maximum atomic E-state index is 12.4. The Kier molecular flexibility index (Phi) is 9.71. The second kappa shape index (κ2) is 11.8. The van der Waals surface area contributed by atoms with Crippen molar-refractivity contribution < 1.29 is 18.8 Å². The van der Waals surface area contributed by atoms with E-state index >= 15 is 0 Å². The lowest BCUT2D eigenvalue weighted by molar-refractivity contribution is -0.944. The molecule has 1 aliphatic heterocycles. The summed E-state index contributed by atoms with van der Waals surface area (Å²) in [6, 6.07) is -0.575. The van der Waals surface area contributed by atoms with Gasteiger partial charge in [0, 0.05) is 18.9 Å². The van der Waals surface area contributed by atoms with E-state index in [1.54, 1.807) is 0 Å². The summed E-state index contributed by atoms with van der Waals surface area (Å²) < 4.78 is 21.2. The molecule has 2 N–H and O–H groups in total. The number of quaternary nitrogens is 1. The second-order valence-electron chi connectivity index (χ2n) is 8.98. The van der Waals surface area contributed by atoms with E-state index in [1.165, 1.54) is 31.0 Å². The van der Waals surface area contributed by atoms with Crippen molar-refractivity contribution in [2.45, 2.75) is 78.5 Å². The first-order valence-electron chi connectivity index (χ1n) is 11.2. The monoisotopic (exact) mass is 439 g/mol. The van der Waals surface area contributed by atoms with Gasteiger partial charge in [0.05, 0.1) is 31.9 Å². The molecule has 2 heterocycles. The molecule has 1 unspecified atom stereocenters. The molecule has 0 spiro atoms. The first-order valence-corrected chi connectivity index (χ1v) is 11.9.